The maximum absolute atomic E-state index is 9.50. The van der Waals surface area contributed by atoms with Gasteiger partial charge in [0.25, 0.3) is 0 Å². The molecule has 0 aliphatic rings. The van der Waals surface area contributed by atoms with Gasteiger partial charge in [0, 0.05) is 5.39 Å². The number of hydrogen-bond acceptors (Lipinski definition) is 1. The molecule has 3 aromatic rings. The Morgan fingerprint density at radius 2 is 1.35 bits per heavy atom. The van der Waals surface area contributed by atoms with Crippen molar-refractivity contribution in [3.05, 3.63) is 65.9 Å². The van der Waals surface area contributed by atoms with Gasteiger partial charge in [0.1, 0.15) is 0 Å². The normalized spacial score (nSPS) is 9.13. The quantitative estimate of drug-likeness (QED) is 0.585. The Morgan fingerprint density at radius 1 is 0.783 bits per heavy atom. The fourth-order valence-corrected chi connectivity index (χ4v) is 1.85. The summed E-state index contributed by atoms with van der Waals surface area (Å²) in [7, 11) is 0.500. The average molecular weight is 314 g/mol. The van der Waals surface area contributed by atoms with E-state index in [1.54, 1.807) is 0 Å². The molecule has 124 valence electrons. The first-order valence-corrected chi connectivity index (χ1v) is 7.97. The number of fused-ring (bicyclic) bond motifs is 1. The van der Waals surface area contributed by atoms with Crippen LogP contribution in [-0.2, 0) is 0 Å². The molecule has 0 bridgehead atoms. The number of aromatic amines is 1. The number of aromatic nitrogens is 2. The van der Waals surface area contributed by atoms with Crippen LogP contribution in [0.15, 0.2) is 54.6 Å². The van der Waals surface area contributed by atoms with Gasteiger partial charge in [-0.05, 0) is 17.7 Å². The molecule has 2 aromatic carbocycles. The summed E-state index contributed by atoms with van der Waals surface area (Å²) in [5.74, 6) is 0. The highest BCUT2D eigenvalue weighted by Crippen LogP contribution is 2.17. The predicted molar refractivity (Wildman–Crippen MR) is 101 cm³/mol. The molecule has 2 nitrogen and oxygen atoms in total. The van der Waals surface area contributed by atoms with Crippen LogP contribution in [0.1, 0.15) is 39.0 Å². The lowest BCUT2D eigenvalue weighted by Crippen LogP contribution is -1.73. The summed E-state index contributed by atoms with van der Waals surface area (Å²) < 4.78 is 9.50. The van der Waals surface area contributed by atoms with Crippen LogP contribution in [0.25, 0.3) is 23.1 Å². The first-order valence-electron chi connectivity index (χ1n) is 7.97. The molecule has 0 fully saturated rings. The average Bonchev–Trinajstić information content (AvgIpc) is 3.09. The van der Waals surface area contributed by atoms with Crippen molar-refractivity contribution in [2.75, 3.05) is 7.18 Å². The van der Waals surface area contributed by atoms with Crippen molar-refractivity contribution in [1.82, 2.24) is 10.2 Å². The second-order valence-corrected chi connectivity index (χ2v) is 3.90. The van der Waals surface area contributed by atoms with Crippen LogP contribution in [0, 0.1) is 0 Å². The van der Waals surface area contributed by atoms with Crippen LogP contribution in [-0.4, -0.2) is 17.4 Å². The third-order valence-electron chi connectivity index (χ3n) is 2.73. The molecule has 0 saturated heterocycles. The monoisotopic (exact) mass is 314 g/mol. The molecule has 0 amide bonds. The van der Waals surface area contributed by atoms with Gasteiger partial charge >= 0.3 is 0 Å². The number of H-pyrrole nitrogens is 1. The molecule has 0 atom stereocenters. The number of para-hydroxylation sites is 1. The number of alkyl halides is 1. The third-order valence-corrected chi connectivity index (χ3v) is 2.73. The molecule has 1 aromatic heterocycles. The lowest BCUT2D eigenvalue weighted by atomic mass is 10.1. The maximum atomic E-state index is 9.50. The van der Waals surface area contributed by atoms with Crippen molar-refractivity contribution in [3.63, 3.8) is 0 Å². The van der Waals surface area contributed by atoms with Gasteiger partial charge in [-0.15, -0.1) is 0 Å². The molecule has 0 radical (unpaired) electrons. The van der Waals surface area contributed by atoms with Crippen LogP contribution >= 0.6 is 0 Å². The van der Waals surface area contributed by atoms with Crippen molar-refractivity contribution in [2.24, 2.45) is 0 Å². The smallest absolute Gasteiger partial charge is 0.0927 e. The van der Waals surface area contributed by atoms with E-state index in [4.69, 9.17) is 0 Å². The number of nitrogens with one attached hydrogen (secondary N) is 1. The second kappa shape index (κ2) is 13.3. The molecule has 23 heavy (non-hydrogen) atoms. The molecule has 0 unspecified atom stereocenters. The van der Waals surface area contributed by atoms with E-state index in [1.165, 1.54) is 5.56 Å². The molecule has 3 heteroatoms. The van der Waals surface area contributed by atoms with Crippen LogP contribution in [0.3, 0.4) is 0 Å². The van der Waals surface area contributed by atoms with Gasteiger partial charge in [-0.2, -0.15) is 5.10 Å². The van der Waals surface area contributed by atoms with E-state index in [2.05, 4.69) is 34.5 Å². The van der Waals surface area contributed by atoms with E-state index >= 15 is 0 Å². The topological polar surface area (TPSA) is 28.7 Å². The van der Waals surface area contributed by atoms with Crippen LogP contribution in [0.2, 0.25) is 0 Å². The Morgan fingerprint density at radius 3 is 2.00 bits per heavy atom. The zero-order chi connectivity index (χ0) is 17.5. The van der Waals surface area contributed by atoms with E-state index < -0.39 is 0 Å². The summed E-state index contributed by atoms with van der Waals surface area (Å²) >= 11 is 0. The van der Waals surface area contributed by atoms with Crippen molar-refractivity contribution < 1.29 is 4.39 Å². The Kier molecular flexibility index (Phi) is 11.9. The molecule has 0 aliphatic heterocycles. The van der Waals surface area contributed by atoms with Crippen molar-refractivity contribution in [1.29, 1.82) is 0 Å². The van der Waals surface area contributed by atoms with E-state index in [9.17, 15) is 4.39 Å². The summed E-state index contributed by atoms with van der Waals surface area (Å²) in [5.41, 5.74) is 3.23. The predicted octanol–water partition coefficient (Wildman–Crippen LogP) is 6.37. The van der Waals surface area contributed by atoms with Gasteiger partial charge in [0.05, 0.1) is 18.4 Å². The van der Waals surface area contributed by atoms with Gasteiger partial charge in [0.2, 0.25) is 0 Å². The van der Waals surface area contributed by atoms with E-state index in [-0.39, 0.29) is 0 Å². The molecule has 3 rings (SSSR count). The lowest BCUT2D eigenvalue weighted by Gasteiger charge is -1.91. The molecule has 1 N–H and O–H groups in total. The van der Waals surface area contributed by atoms with E-state index in [0.717, 1.165) is 16.6 Å². The summed E-state index contributed by atoms with van der Waals surface area (Å²) in [5, 5.41) is 8.47. The van der Waals surface area contributed by atoms with Crippen LogP contribution < -0.4 is 0 Å². The van der Waals surface area contributed by atoms with Crippen molar-refractivity contribution >= 4 is 23.1 Å². The fourth-order valence-electron chi connectivity index (χ4n) is 1.85. The summed E-state index contributed by atoms with van der Waals surface area (Å²) in [6.45, 7) is 8.00. The number of rotatable bonds is 2. The highest BCUT2D eigenvalue weighted by Gasteiger charge is 2.00. The van der Waals surface area contributed by atoms with E-state index in [0.29, 0.717) is 7.18 Å². The zero-order valence-electron chi connectivity index (χ0n) is 14.7. The van der Waals surface area contributed by atoms with Gasteiger partial charge < -0.3 is 0 Å². The largest absolute Gasteiger partial charge is 0.277 e. The van der Waals surface area contributed by atoms with Gasteiger partial charge in [-0.3, -0.25) is 9.49 Å². The fraction of sp³-hybridized carbons (Fsp3) is 0.250. The Hall–Kier alpha value is -2.42. The summed E-state index contributed by atoms with van der Waals surface area (Å²) in [6, 6.07) is 18.4. The first-order chi connectivity index (χ1) is 11.4. The first kappa shape index (κ1) is 20.6. The number of benzene rings is 2. The lowest BCUT2D eigenvalue weighted by molar-refractivity contribution is 0.636. The number of hydrogen-bond donors (Lipinski definition) is 1. The highest BCUT2D eigenvalue weighted by atomic mass is 19.1. The number of nitrogens with zero attached hydrogens (tertiary/aromatic N) is 1. The van der Waals surface area contributed by atoms with Crippen molar-refractivity contribution in [2.45, 2.75) is 27.7 Å². The highest BCUT2D eigenvalue weighted by molar-refractivity contribution is 5.89. The van der Waals surface area contributed by atoms with Crippen molar-refractivity contribution in [3.8, 4) is 0 Å². The number of halogens is 1. The van der Waals surface area contributed by atoms with Crippen LogP contribution in [0.5, 0.6) is 0 Å². The third kappa shape index (κ3) is 6.47. The molecule has 0 aliphatic carbocycles. The Bertz CT molecular complexity index is 657. The minimum atomic E-state index is 0.500. The zero-order valence-corrected chi connectivity index (χ0v) is 14.7. The molecule has 0 saturated carbocycles. The van der Waals surface area contributed by atoms with E-state index in [1.807, 2.05) is 70.2 Å². The molecule has 0 spiro atoms. The van der Waals surface area contributed by atoms with Gasteiger partial charge in [-0.1, -0.05) is 82.3 Å². The second-order valence-electron chi connectivity index (χ2n) is 3.90. The molecular formula is C20H27FN2. The minimum absolute atomic E-state index is 0.500. The maximum Gasteiger partial charge on any atom is 0.0927 e. The van der Waals surface area contributed by atoms with Gasteiger partial charge in [-0.25, -0.2) is 0 Å². The standard InChI is InChI=1S/C15H12N2.2C2H6.CH3F/c1-2-6-12(7-3-1)10-11-15-13-8-4-5-9-14(13)16-17-15;3*1-2/h1-11H,(H,16,17);2*1-2H3;1H3/b11-10+;;;. The Labute approximate surface area is 139 Å². The molecule has 1 heterocycles. The molecular weight excluding hydrogens is 287 g/mol. The Balaban J connectivity index is 0.000000728. The summed E-state index contributed by atoms with van der Waals surface area (Å²) in [4.78, 5) is 0. The minimum Gasteiger partial charge on any atom is -0.277 e. The van der Waals surface area contributed by atoms with Crippen LogP contribution in [0.4, 0.5) is 4.39 Å². The SMILES string of the molecule is C(=C\c1n[nH]c2ccccc12)/c1ccccc1.CC.CC.CF. The summed E-state index contributed by atoms with van der Waals surface area (Å²) in [6.07, 6.45) is 4.11. The van der Waals surface area contributed by atoms with Gasteiger partial charge in [0.15, 0.2) is 0 Å².